The minimum Gasteiger partial charge on any atom is -0.481 e. The van der Waals surface area contributed by atoms with Gasteiger partial charge in [0.2, 0.25) is 0 Å². The normalized spacial score (nSPS) is 44.8. The fraction of sp³-hybridized carbons (Fsp3) is 0.667. The number of carbonyl (C=O) groups is 1. The molecule has 4 atom stereocenters. The van der Waals surface area contributed by atoms with Crippen LogP contribution in [0.15, 0.2) is 12.2 Å². The number of carboxylic acids is 1. The van der Waals surface area contributed by atoms with Crippen molar-refractivity contribution in [2.24, 2.45) is 23.5 Å². The summed E-state index contributed by atoms with van der Waals surface area (Å²) in [6.45, 7) is 0. The fourth-order valence-electron chi connectivity index (χ4n) is 2.38. The third kappa shape index (κ3) is 0.966. The largest absolute Gasteiger partial charge is 0.481 e. The highest BCUT2D eigenvalue weighted by atomic mass is 16.4. The van der Waals surface area contributed by atoms with Crippen molar-refractivity contribution in [2.45, 2.75) is 18.9 Å². The molecule has 1 saturated carbocycles. The van der Waals surface area contributed by atoms with E-state index in [0.717, 1.165) is 12.8 Å². The van der Waals surface area contributed by atoms with Gasteiger partial charge in [0.05, 0.1) is 5.92 Å². The van der Waals surface area contributed by atoms with Crippen molar-refractivity contribution in [3.8, 4) is 0 Å². The van der Waals surface area contributed by atoms with Gasteiger partial charge in [0.25, 0.3) is 0 Å². The zero-order valence-corrected chi connectivity index (χ0v) is 6.81. The quantitative estimate of drug-likeness (QED) is 0.562. The molecule has 0 heterocycles. The molecule has 0 aromatic heterocycles. The molecule has 0 unspecified atom stereocenters. The second kappa shape index (κ2) is 2.59. The molecule has 0 spiro atoms. The summed E-state index contributed by atoms with van der Waals surface area (Å²) in [5.41, 5.74) is 5.83. The summed E-state index contributed by atoms with van der Waals surface area (Å²) >= 11 is 0. The predicted molar refractivity (Wildman–Crippen MR) is 44.5 cm³/mol. The summed E-state index contributed by atoms with van der Waals surface area (Å²) in [5, 5.41) is 8.92. The lowest BCUT2D eigenvalue weighted by Crippen LogP contribution is -2.50. The van der Waals surface area contributed by atoms with Crippen LogP contribution in [0.2, 0.25) is 0 Å². The van der Waals surface area contributed by atoms with Gasteiger partial charge in [-0.3, -0.25) is 4.79 Å². The summed E-state index contributed by atoms with van der Waals surface area (Å²) in [4.78, 5) is 10.8. The molecule has 3 aliphatic rings. The Hall–Kier alpha value is -0.830. The Kier molecular flexibility index (Phi) is 1.68. The van der Waals surface area contributed by atoms with Gasteiger partial charge in [-0.1, -0.05) is 12.2 Å². The van der Waals surface area contributed by atoms with Crippen molar-refractivity contribution in [2.75, 3.05) is 0 Å². The van der Waals surface area contributed by atoms with Gasteiger partial charge in [0.15, 0.2) is 0 Å². The smallest absolute Gasteiger partial charge is 0.308 e. The Morgan fingerprint density at radius 3 is 2.25 bits per heavy atom. The second-order valence-corrected chi connectivity index (χ2v) is 3.73. The van der Waals surface area contributed by atoms with Crippen LogP contribution in [0.25, 0.3) is 0 Å². The van der Waals surface area contributed by atoms with Gasteiger partial charge in [-0.05, 0) is 24.7 Å². The van der Waals surface area contributed by atoms with E-state index in [9.17, 15) is 4.79 Å². The number of nitrogens with two attached hydrogens (primary N) is 1. The molecule has 12 heavy (non-hydrogen) atoms. The molecule has 0 saturated heterocycles. The van der Waals surface area contributed by atoms with E-state index in [0.29, 0.717) is 5.92 Å². The van der Waals surface area contributed by atoms with Crippen molar-refractivity contribution < 1.29 is 9.90 Å². The molecule has 3 heteroatoms. The van der Waals surface area contributed by atoms with E-state index in [1.807, 2.05) is 6.08 Å². The number of fused-ring (bicyclic) bond motifs is 2. The number of aliphatic carboxylic acids is 1. The Labute approximate surface area is 71.3 Å². The van der Waals surface area contributed by atoms with E-state index >= 15 is 0 Å². The first-order valence-corrected chi connectivity index (χ1v) is 4.37. The molecule has 3 rings (SSSR count). The fourth-order valence-corrected chi connectivity index (χ4v) is 2.38. The van der Waals surface area contributed by atoms with Crippen LogP contribution in [-0.4, -0.2) is 17.1 Å². The van der Waals surface area contributed by atoms with Crippen LogP contribution in [0.1, 0.15) is 12.8 Å². The van der Waals surface area contributed by atoms with Gasteiger partial charge >= 0.3 is 5.97 Å². The van der Waals surface area contributed by atoms with Crippen LogP contribution >= 0.6 is 0 Å². The molecule has 66 valence electrons. The van der Waals surface area contributed by atoms with E-state index in [1.165, 1.54) is 0 Å². The van der Waals surface area contributed by atoms with Gasteiger partial charge in [-0.2, -0.15) is 0 Å². The Morgan fingerprint density at radius 1 is 1.33 bits per heavy atom. The monoisotopic (exact) mass is 167 g/mol. The summed E-state index contributed by atoms with van der Waals surface area (Å²) in [6, 6.07) is -0.161. The van der Waals surface area contributed by atoms with Gasteiger partial charge in [0.1, 0.15) is 0 Å². The Balaban J connectivity index is 2.26. The Morgan fingerprint density at radius 2 is 1.92 bits per heavy atom. The maximum atomic E-state index is 10.8. The molecule has 0 aromatic carbocycles. The van der Waals surface area contributed by atoms with Gasteiger partial charge in [-0.15, -0.1) is 0 Å². The number of hydrogen-bond donors (Lipinski definition) is 2. The van der Waals surface area contributed by atoms with Crippen molar-refractivity contribution in [1.82, 2.24) is 0 Å². The minimum absolute atomic E-state index is 0.161. The van der Waals surface area contributed by atoms with Crippen LogP contribution in [0.4, 0.5) is 0 Å². The highest BCUT2D eigenvalue weighted by Crippen LogP contribution is 2.39. The molecule has 0 radical (unpaired) electrons. The number of hydrogen-bond acceptors (Lipinski definition) is 2. The predicted octanol–water partition coefficient (Wildman–Crippen LogP) is 0.610. The van der Waals surface area contributed by atoms with E-state index in [4.69, 9.17) is 10.8 Å². The third-order valence-corrected chi connectivity index (χ3v) is 3.09. The van der Waals surface area contributed by atoms with Crippen LogP contribution in [0, 0.1) is 17.8 Å². The lowest BCUT2D eigenvalue weighted by atomic mass is 9.66. The number of carboxylic acid groups (broad SMARTS) is 1. The van der Waals surface area contributed by atoms with Crippen molar-refractivity contribution in [3.05, 3.63) is 12.2 Å². The second-order valence-electron chi connectivity index (χ2n) is 3.73. The van der Waals surface area contributed by atoms with Crippen LogP contribution in [0.5, 0.6) is 0 Å². The maximum absolute atomic E-state index is 10.8. The maximum Gasteiger partial charge on any atom is 0.308 e. The van der Waals surface area contributed by atoms with E-state index in [2.05, 4.69) is 6.08 Å². The number of allylic oxidation sites excluding steroid dienone is 1. The molecule has 2 bridgehead atoms. The summed E-state index contributed by atoms with van der Waals surface area (Å²) in [5.74, 6) is -0.589. The lowest BCUT2D eigenvalue weighted by Gasteiger charge is -2.40. The third-order valence-electron chi connectivity index (χ3n) is 3.09. The van der Waals surface area contributed by atoms with Crippen LogP contribution in [0.3, 0.4) is 0 Å². The lowest BCUT2D eigenvalue weighted by molar-refractivity contribution is -0.145. The van der Waals surface area contributed by atoms with Crippen LogP contribution in [-0.2, 0) is 4.79 Å². The molecule has 3 aliphatic carbocycles. The molecular formula is C9H13NO2. The highest BCUT2D eigenvalue weighted by Gasteiger charge is 2.42. The number of rotatable bonds is 1. The average molecular weight is 167 g/mol. The standard InChI is InChI=1S/C9H13NO2/c10-8-6-3-1-5(2-4-6)7(8)9(11)12/h1,3,5-8H,2,4,10H2,(H,11,12)/t5-,6+,7+,8+/m1/s1. The van der Waals surface area contributed by atoms with Gasteiger partial charge in [-0.25, -0.2) is 0 Å². The molecule has 0 aromatic rings. The average Bonchev–Trinajstić information content (AvgIpc) is 2.05. The minimum atomic E-state index is -0.735. The first-order chi connectivity index (χ1) is 5.70. The highest BCUT2D eigenvalue weighted by molar-refractivity contribution is 5.72. The molecule has 3 N–H and O–H groups in total. The summed E-state index contributed by atoms with van der Waals surface area (Å²) < 4.78 is 0. The van der Waals surface area contributed by atoms with E-state index in [1.54, 1.807) is 0 Å². The SMILES string of the molecule is N[C@@H]1[C@@H](C(=O)O)[C@@H]2C=C[C@H]1CC2. The van der Waals surface area contributed by atoms with Crippen molar-refractivity contribution in [3.63, 3.8) is 0 Å². The first kappa shape index (κ1) is 7.80. The first-order valence-electron chi connectivity index (χ1n) is 4.37. The molecule has 3 nitrogen and oxygen atoms in total. The summed E-state index contributed by atoms with van der Waals surface area (Å²) in [7, 11) is 0. The topological polar surface area (TPSA) is 63.3 Å². The van der Waals surface area contributed by atoms with Gasteiger partial charge < -0.3 is 10.8 Å². The Bertz CT molecular complexity index is 237. The zero-order valence-electron chi connectivity index (χ0n) is 6.81. The molecular weight excluding hydrogens is 154 g/mol. The van der Waals surface area contributed by atoms with Crippen molar-refractivity contribution >= 4 is 5.97 Å². The van der Waals surface area contributed by atoms with Gasteiger partial charge in [0, 0.05) is 6.04 Å². The van der Waals surface area contributed by atoms with Crippen LogP contribution < -0.4 is 5.73 Å². The van der Waals surface area contributed by atoms with Crippen molar-refractivity contribution in [1.29, 1.82) is 0 Å². The molecule has 0 amide bonds. The molecule has 1 fully saturated rings. The molecule has 0 aliphatic heterocycles. The van der Waals surface area contributed by atoms with E-state index < -0.39 is 5.97 Å². The van der Waals surface area contributed by atoms with E-state index in [-0.39, 0.29) is 17.9 Å². The summed E-state index contributed by atoms with van der Waals surface area (Å²) in [6.07, 6.45) is 6.16. The zero-order chi connectivity index (χ0) is 8.72.